The van der Waals surface area contributed by atoms with E-state index in [1.807, 2.05) is 0 Å². The second-order valence-electron chi connectivity index (χ2n) is 6.25. The average molecular weight is 277 g/mol. The van der Waals surface area contributed by atoms with Crippen LogP contribution in [0.2, 0.25) is 0 Å². The molecule has 0 amide bonds. The third-order valence-electron chi connectivity index (χ3n) is 3.81. The maximum atomic E-state index is 4.80. The summed E-state index contributed by atoms with van der Waals surface area (Å²) < 4.78 is 0. The van der Waals surface area contributed by atoms with Crippen molar-refractivity contribution in [1.29, 1.82) is 0 Å². The quantitative estimate of drug-likeness (QED) is 0.824. The van der Waals surface area contributed by atoms with Gasteiger partial charge < -0.3 is 10.2 Å². The van der Waals surface area contributed by atoms with Crippen LogP contribution in [0.25, 0.3) is 0 Å². The lowest BCUT2D eigenvalue weighted by Gasteiger charge is -2.30. The Kier molecular flexibility index (Phi) is 6.47. The molecule has 0 aliphatic heterocycles. The number of aromatic nitrogens is 1. The van der Waals surface area contributed by atoms with Crippen molar-refractivity contribution in [3.05, 3.63) is 22.9 Å². The van der Waals surface area contributed by atoms with Crippen LogP contribution in [0.1, 0.15) is 50.9 Å². The van der Waals surface area contributed by atoms with E-state index in [1.54, 1.807) is 0 Å². The van der Waals surface area contributed by atoms with E-state index in [9.17, 15) is 0 Å². The minimum atomic E-state index is 0.504. The van der Waals surface area contributed by atoms with Gasteiger partial charge in [0.1, 0.15) is 5.82 Å². The first-order valence-corrected chi connectivity index (χ1v) is 7.77. The molecule has 3 heteroatoms. The molecule has 0 saturated carbocycles. The van der Waals surface area contributed by atoms with Crippen LogP contribution in [0.5, 0.6) is 0 Å². The highest BCUT2D eigenvalue weighted by Gasteiger charge is 2.18. The molecule has 0 aliphatic rings. The minimum Gasteiger partial charge on any atom is -0.357 e. The zero-order chi connectivity index (χ0) is 15.3. The predicted molar refractivity (Wildman–Crippen MR) is 88.4 cm³/mol. The Balaban J connectivity index is 3.07. The minimum absolute atomic E-state index is 0.504. The number of anilines is 1. The summed E-state index contributed by atoms with van der Waals surface area (Å²) >= 11 is 0. The van der Waals surface area contributed by atoms with E-state index in [4.69, 9.17) is 4.98 Å². The summed E-state index contributed by atoms with van der Waals surface area (Å²) in [6.45, 7) is 15.1. The van der Waals surface area contributed by atoms with Gasteiger partial charge in [-0.1, -0.05) is 20.8 Å². The molecule has 0 spiro atoms. The molecular formula is C17H31N3. The molecule has 1 rings (SSSR count). The molecule has 1 aromatic heterocycles. The van der Waals surface area contributed by atoms with E-state index < -0.39 is 0 Å². The monoisotopic (exact) mass is 277 g/mol. The molecule has 1 atom stereocenters. The lowest BCUT2D eigenvalue weighted by Crippen LogP contribution is -2.32. The van der Waals surface area contributed by atoms with Gasteiger partial charge in [-0.3, -0.25) is 0 Å². The molecule has 0 bridgehead atoms. The first kappa shape index (κ1) is 17.0. The topological polar surface area (TPSA) is 28.2 Å². The third kappa shape index (κ3) is 4.48. The number of pyridine rings is 1. The van der Waals surface area contributed by atoms with Gasteiger partial charge in [-0.15, -0.1) is 0 Å². The van der Waals surface area contributed by atoms with Gasteiger partial charge in [0.05, 0.1) is 0 Å². The first-order valence-electron chi connectivity index (χ1n) is 7.77. The van der Waals surface area contributed by atoms with Crippen LogP contribution >= 0.6 is 0 Å². The van der Waals surface area contributed by atoms with Gasteiger partial charge in [-0.05, 0) is 51.3 Å². The summed E-state index contributed by atoms with van der Waals surface area (Å²) in [5.41, 5.74) is 3.76. The molecular weight excluding hydrogens is 246 g/mol. The van der Waals surface area contributed by atoms with E-state index in [0.717, 1.165) is 24.6 Å². The fourth-order valence-corrected chi connectivity index (χ4v) is 2.65. The Hall–Kier alpha value is -1.09. The van der Waals surface area contributed by atoms with Crippen LogP contribution < -0.4 is 10.2 Å². The fourth-order valence-electron chi connectivity index (χ4n) is 2.65. The summed E-state index contributed by atoms with van der Waals surface area (Å²) in [6.07, 6.45) is 1.19. The van der Waals surface area contributed by atoms with Crippen LogP contribution in [0, 0.1) is 19.8 Å². The van der Waals surface area contributed by atoms with Crippen molar-refractivity contribution >= 4 is 5.82 Å². The molecule has 0 fully saturated rings. The van der Waals surface area contributed by atoms with E-state index in [0.29, 0.717) is 12.0 Å². The van der Waals surface area contributed by atoms with Crippen molar-refractivity contribution in [2.24, 2.45) is 5.92 Å². The van der Waals surface area contributed by atoms with Crippen LogP contribution in [0.15, 0.2) is 6.07 Å². The molecule has 1 aromatic rings. The average Bonchev–Trinajstić information content (AvgIpc) is 2.35. The van der Waals surface area contributed by atoms with Crippen molar-refractivity contribution in [3.8, 4) is 0 Å². The Morgan fingerprint density at radius 1 is 1.25 bits per heavy atom. The van der Waals surface area contributed by atoms with Crippen LogP contribution in [0.3, 0.4) is 0 Å². The number of hydrogen-bond donors (Lipinski definition) is 1. The van der Waals surface area contributed by atoms with E-state index in [-0.39, 0.29) is 0 Å². The summed E-state index contributed by atoms with van der Waals surface area (Å²) in [5, 5.41) is 3.43. The zero-order valence-corrected chi connectivity index (χ0v) is 14.2. The lowest BCUT2D eigenvalue weighted by atomic mass is 10.0. The summed E-state index contributed by atoms with van der Waals surface area (Å²) in [4.78, 5) is 7.14. The van der Waals surface area contributed by atoms with E-state index >= 15 is 0 Å². The maximum absolute atomic E-state index is 4.80. The third-order valence-corrected chi connectivity index (χ3v) is 3.81. The molecule has 3 nitrogen and oxygen atoms in total. The maximum Gasteiger partial charge on any atom is 0.133 e. The smallest absolute Gasteiger partial charge is 0.133 e. The number of hydrogen-bond acceptors (Lipinski definition) is 3. The molecule has 1 N–H and O–H groups in total. The molecule has 114 valence electrons. The number of aryl methyl sites for hydroxylation is 2. The number of rotatable bonds is 7. The Morgan fingerprint density at radius 3 is 2.45 bits per heavy atom. The van der Waals surface area contributed by atoms with Crippen molar-refractivity contribution in [2.45, 2.75) is 60.5 Å². The summed E-state index contributed by atoms with van der Waals surface area (Å²) in [6, 6.07) is 2.68. The van der Waals surface area contributed by atoms with E-state index in [2.05, 4.69) is 64.9 Å². The van der Waals surface area contributed by atoms with Crippen molar-refractivity contribution in [2.75, 3.05) is 18.5 Å². The van der Waals surface area contributed by atoms with Gasteiger partial charge in [-0.2, -0.15) is 0 Å². The predicted octanol–water partition coefficient (Wildman–Crippen LogP) is 3.68. The van der Waals surface area contributed by atoms with Crippen molar-refractivity contribution in [1.82, 2.24) is 10.3 Å². The standard InChI is InChI=1S/C17H31N3/c1-8-18-11-16-13(4)10-14(5)19-17(16)20(7)15(6)9-12(2)3/h10,12,15,18H,8-9,11H2,1-7H3. The SMILES string of the molecule is CCNCc1c(C)cc(C)nc1N(C)C(C)CC(C)C. The number of nitrogens with one attached hydrogen (secondary N) is 1. The molecule has 1 unspecified atom stereocenters. The van der Waals surface area contributed by atoms with Gasteiger partial charge in [-0.25, -0.2) is 4.98 Å². The van der Waals surface area contributed by atoms with Crippen molar-refractivity contribution < 1.29 is 0 Å². The summed E-state index contributed by atoms with van der Waals surface area (Å²) in [7, 11) is 2.17. The highest BCUT2D eigenvalue weighted by Crippen LogP contribution is 2.25. The van der Waals surface area contributed by atoms with Crippen LogP contribution in [0.4, 0.5) is 5.82 Å². The highest BCUT2D eigenvalue weighted by atomic mass is 15.2. The highest BCUT2D eigenvalue weighted by molar-refractivity contribution is 5.51. The second kappa shape index (κ2) is 7.63. The molecule has 20 heavy (non-hydrogen) atoms. The molecule has 0 radical (unpaired) electrons. The normalized spacial score (nSPS) is 12.8. The molecule has 0 saturated heterocycles. The largest absolute Gasteiger partial charge is 0.357 e. The Labute approximate surface area is 124 Å². The van der Waals surface area contributed by atoms with Gasteiger partial charge in [0.2, 0.25) is 0 Å². The first-order chi connectivity index (χ1) is 9.36. The zero-order valence-electron chi connectivity index (χ0n) is 14.2. The molecule has 0 aliphatic carbocycles. The second-order valence-corrected chi connectivity index (χ2v) is 6.25. The van der Waals surface area contributed by atoms with Gasteiger partial charge in [0, 0.05) is 30.9 Å². The van der Waals surface area contributed by atoms with Gasteiger partial charge in [0.25, 0.3) is 0 Å². The van der Waals surface area contributed by atoms with Crippen LogP contribution in [-0.4, -0.2) is 24.6 Å². The van der Waals surface area contributed by atoms with E-state index in [1.165, 1.54) is 17.5 Å². The summed E-state index contributed by atoms with van der Waals surface area (Å²) in [5.74, 6) is 1.84. The Morgan fingerprint density at radius 2 is 1.90 bits per heavy atom. The lowest BCUT2D eigenvalue weighted by molar-refractivity contribution is 0.500. The molecule has 0 aromatic carbocycles. The van der Waals surface area contributed by atoms with Crippen molar-refractivity contribution in [3.63, 3.8) is 0 Å². The van der Waals surface area contributed by atoms with Gasteiger partial charge in [0.15, 0.2) is 0 Å². The molecule has 1 heterocycles. The number of nitrogens with zero attached hydrogens (tertiary/aromatic N) is 2. The van der Waals surface area contributed by atoms with Crippen LogP contribution in [-0.2, 0) is 6.54 Å². The van der Waals surface area contributed by atoms with Gasteiger partial charge >= 0.3 is 0 Å². The Bertz CT molecular complexity index is 426. The fraction of sp³-hybridized carbons (Fsp3) is 0.706.